The van der Waals surface area contributed by atoms with Crippen LogP contribution < -0.4 is 11.0 Å². The molecule has 3 aromatic heterocycles. The van der Waals surface area contributed by atoms with Gasteiger partial charge in [-0.25, -0.2) is 9.48 Å². The third-order valence-electron chi connectivity index (χ3n) is 5.02. The Morgan fingerprint density at radius 3 is 2.65 bits per heavy atom. The summed E-state index contributed by atoms with van der Waals surface area (Å²) in [4.78, 5) is 30.8. The van der Waals surface area contributed by atoms with E-state index in [1.54, 1.807) is 17.0 Å². The average molecular weight is 416 g/mol. The van der Waals surface area contributed by atoms with Crippen LogP contribution in [0.2, 0.25) is 0 Å². The van der Waals surface area contributed by atoms with Crippen LogP contribution in [0.15, 0.2) is 65.8 Å². The Labute approximate surface area is 177 Å². The van der Waals surface area contributed by atoms with E-state index in [2.05, 4.69) is 25.6 Å². The number of pyridine rings is 1. The van der Waals surface area contributed by atoms with Gasteiger partial charge >= 0.3 is 5.69 Å². The highest BCUT2D eigenvalue weighted by molar-refractivity contribution is 5.91. The minimum atomic E-state index is -0.357. The number of rotatable bonds is 7. The van der Waals surface area contributed by atoms with Crippen LogP contribution in [-0.2, 0) is 6.54 Å². The first-order valence-electron chi connectivity index (χ1n) is 10.1. The third kappa shape index (κ3) is 3.87. The first-order chi connectivity index (χ1) is 15.2. The number of hydrogen-bond acceptors (Lipinski definition) is 6. The highest BCUT2D eigenvalue weighted by Crippen LogP contribution is 2.36. The van der Waals surface area contributed by atoms with Crippen LogP contribution in [-0.4, -0.2) is 46.8 Å². The minimum Gasteiger partial charge on any atom is -0.349 e. The third-order valence-corrected chi connectivity index (χ3v) is 5.02. The van der Waals surface area contributed by atoms with E-state index in [0.29, 0.717) is 5.82 Å². The van der Waals surface area contributed by atoms with Crippen LogP contribution in [0.1, 0.15) is 29.4 Å². The van der Waals surface area contributed by atoms with Crippen molar-refractivity contribution in [3.63, 3.8) is 0 Å². The van der Waals surface area contributed by atoms with Crippen LogP contribution in [0.4, 0.5) is 0 Å². The van der Waals surface area contributed by atoms with Gasteiger partial charge in [-0.2, -0.15) is 9.90 Å². The lowest BCUT2D eigenvalue weighted by Crippen LogP contribution is -2.32. The normalized spacial score (nSPS) is 13.3. The van der Waals surface area contributed by atoms with Gasteiger partial charge in [-0.3, -0.25) is 14.3 Å². The van der Waals surface area contributed by atoms with Crippen molar-refractivity contribution in [3.8, 4) is 17.1 Å². The summed E-state index contributed by atoms with van der Waals surface area (Å²) in [6.45, 7) is 0.496. The van der Waals surface area contributed by atoms with E-state index in [1.807, 2.05) is 42.5 Å². The van der Waals surface area contributed by atoms with Gasteiger partial charge in [0.1, 0.15) is 0 Å². The van der Waals surface area contributed by atoms with Crippen LogP contribution in [0.5, 0.6) is 0 Å². The fraction of sp³-hybridized carbons (Fsp3) is 0.238. The fourth-order valence-electron chi connectivity index (χ4n) is 3.34. The fourth-order valence-corrected chi connectivity index (χ4v) is 3.34. The Kier molecular flexibility index (Phi) is 4.87. The Hall–Kier alpha value is -4.08. The quantitative estimate of drug-likeness (QED) is 0.488. The lowest BCUT2D eigenvalue weighted by atomic mass is 10.3. The van der Waals surface area contributed by atoms with E-state index in [0.717, 1.165) is 24.1 Å². The maximum Gasteiger partial charge on any atom is 0.346 e. The van der Waals surface area contributed by atoms with Crippen molar-refractivity contribution >= 4 is 5.91 Å². The van der Waals surface area contributed by atoms with Crippen molar-refractivity contribution < 1.29 is 4.79 Å². The zero-order valence-corrected chi connectivity index (χ0v) is 16.6. The smallest absolute Gasteiger partial charge is 0.346 e. The highest BCUT2D eigenvalue weighted by atomic mass is 16.2. The first kappa shape index (κ1) is 18.9. The van der Waals surface area contributed by atoms with Crippen molar-refractivity contribution in [1.29, 1.82) is 0 Å². The first-order valence-corrected chi connectivity index (χ1v) is 10.1. The number of nitrogens with zero attached hydrogens (tertiary/aromatic N) is 7. The molecule has 1 amide bonds. The minimum absolute atomic E-state index is 0.175. The summed E-state index contributed by atoms with van der Waals surface area (Å²) in [5.41, 5.74) is 1.59. The molecule has 0 radical (unpaired) electrons. The molecular weight excluding hydrogens is 396 g/mol. The topological polar surface area (TPSA) is 113 Å². The molecule has 156 valence electrons. The van der Waals surface area contributed by atoms with Gasteiger partial charge in [0.25, 0.3) is 5.91 Å². The van der Waals surface area contributed by atoms with Crippen LogP contribution in [0.25, 0.3) is 17.1 Å². The Morgan fingerprint density at radius 1 is 1.06 bits per heavy atom. The molecule has 4 aromatic rings. The number of nitrogens with one attached hydrogen (secondary N) is 1. The number of amides is 1. The zero-order chi connectivity index (χ0) is 21.2. The Bertz CT molecular complexity index is 1260. The number of hydrogen-bond donors (Lipinski definition) is 1. The van der Waals surface area contributed by atoms with E-state index in [9.17, 15) is 9.59 Å². The molecule has 0 atom stereocenters. The molecule has 0 spiro atoms. The van der Waals surface area contributed by atoms with Crippen LogP contribution in [0, 0.1) is 0 Å². The molecule has 0 aliphatic heterocycles. The van der Waals surface area contributed by atoms with E-state index in [1.165, 1.54) is 15.7 Å². The van der Waals surface area contributed by atoms with Crippen molar-refractivity contribution in [1.82, 2.24) is 39.6 Å². The summed E-state index contributed by atoms with van der Waals surface area (Å²) >= 11 is 0. The Balaban J connectivity index is 1.27. The predicted octanol–water partition coefficient (Wildman–Crippen LogP) is 1.45. The molecule has 1 N–H and O–H groups in total. The Morgan fingerprint density at radius 2 is 1.90 bits per heavy atom. The molecular formula is C21H20N8O2. The second-order valence-electron chi connectivity index (χ2n) is 7.28. The molecule has 10 heteroatoms. The van der Waals surface area contributed by atoms with E-state index >= 15 is 0 Å². The van der Waals surface area contributed by atoms with E-state index in [-0.39, 0.29) is 36.4 Å². The lowest BCUT2D eigenvalue weighted by Gasteiger charge is -2.02. The molecule has 1 saturated carbocycles. The van der Waals surface area contributed by atoms with Gasteiger partial charge in [0.05, 0.1) is 18.4 Å². The van der Waals surface area contributed by atoms with Crippen molar-refractivity contribution in [3.05, 3.63) is 77.2 Å². The molecule has 3 heterocycles. The monoisotopic (exact) mass is 416 g/mol. The lowest BCUT2D eigenvalue weighted by molar-refractivity contribution is 0.0946. The van der Waals surface area contributed by atoms with Crippen molar-refractivity contribution in [2.24, 2.45) is 0 Å². The van der Waals surface area contributed by atoms with Crippen molar-refractivity contribution in [2.75, 3.05) is 6.54 Å². The second kappa shape index (κ2) is 7.98. The number of benzene rings is 1. The molecule has 0 saturated heterocycles. The zero-order valence-electron chi connectivity index (χ0n) is 16.6. The van der Waals surface area contributed by atoms with Gasteiger partial charge < -0.3 is 5.32 Å². The van der Waals surface area contributed by atoms with Gasteiger partial charge in [0, 0.05) is 30.5 Å². The van der Waals surface area contributed by atoms with Gasteiger partial charge in [-0.05, 0) is 37.1 Å². The highest BCUT2D eigenvalue weighted by Gasteiger charge is 2.30. The molecule has 1 aliphatic rings. The number of para-hydroxylation sites is 1. The molecule has 31 heavy (non-hydrogen) atoms. The van der Waals surface area contributed by atoms with E-state index in [4.69, 9.17) is 0 Å². The van der Waals surface area contributed by atoms with Crippen LogP contribution in [0.3, 0.4) is 0 Å². The van der Waals surface area contributed by atoms with Gasteiger partial charge in [0.2, 0.25) is 0 Å². The number of carbonyl (C=O) groups is 1. The van der Waals surface area contributed by atoms with Crippen LogP contribution >= 0.6 is 0 Å². The molecule has 1 aliphatic carbocycles. The molecule has 10 nitrogen and oxygen atoms in total. The predicted molar refractivity (Wildman–Crippen MR) is 112 cm³/mol. The van der Waals surface area contributed by atoms with Crippen molar-refractivity contribution in [2.45, 2.75) is 25.4 Å². The van der Waals surface area contributed by atoms with Gasteiger partial charge in [-0.1, -0.05) is 18.2 Å². The number of aromatic nitrogens is 7. The average Bonchev–Trinajstić information content (AvgIpc) is 3.42. The van der Waals surface area contributed by atoms with E-state index < -0.39 is 0 Å². The molecule has 0 bridgehead atoms. The van der Waals surface area contributed by atoms with Gasteiger partial charge in [0.15, 0.2) is 11.5 Å². The number of carbonyl (C=O) groups excluding carboxylic acids is 1. The maximum atomic E-state index is 12.9. The molecule has 5 rings (SSSR count). The maximum absolute atomic E-state index is 12.9. The standard InChI is InChI=1S/C21H20N8O2/c30-20(18-14-24-29(25-18)17-6-2-1-3-7-17)23-11-12-27-21(31)28(16-8-9-16)19(26-27)15-5-4-10-22-13-15/h1-7,10,13-14,16H,8-9,11-12H2,(H,23,30). The summed E-state index contributed by atoms with van der Waals surface area (Å²) in [6, 6.07) is 13.2. The molecule has 1 aromatic carbocycles. The molecule has 1 fully saturated rings. The summed E-state index contributed by atoms with van der Waals surface area (Å²) in [6.07, 6.45) is 6.72. The summed E-state index contributed by atoms with van der Waals surface area (Å²) in [7, 11) is 0. The van der Waals surface area contributed by atoms with Gasteiger partial charge in [-0.15, -0.1) is 10.2 Å². The second-order valence-corrected chi connectivity index (χ2v) is 7.28. The molecule has 0 unspecified atom stereocenters. The summed E-state index contributed by atoms with van der Waals surface area (Å²) in [5.74, 6) is 0.252. The SMILES string of the molecule is O=C(NCCn1nc(-c2cccnc2)n(C2CC2)c1=O)c1cnn(-c2ccccc2)n1. The summed E-state index contributed by atoms with van der Waals surface area (Å²) < 4.78 is 3.12. The summed E-state index contributed by atoms with van der Waals surface area (Å²) in [5, 5.41) is 15.6. The largest absolute Gasteiger partial charge is 0.349 e.